The van der Waals surface area contributed by atoms with Crippen LogP contribution in [0.15, 0.2) is 191 Å². The maximum absolute atomic E-state index is 6.76. The summed E-state index contributed by atoms with van der Waals surface area (Å²) in [4.78, 5) is 14.8. The van der Waals surface area contributed by atoms with E-state index >= 15 is 0 Å². The van der Waals surface area contributed by atoms with Gasteiger partial charge in [0.1, 0.15) is 16.7 Å². The van der Waals surface area contributed by atoms with E-state index in [1.807, 2.05) is 66.7 Å². The first-order chi connectivity index (χ1) is 28.2. The van der Waals surface area contributed by atoms with E-state index in [1.54, 1.807) is 0 Å². The summed E-state index contributed by atoms with van der Waals surface area (Å²) in [6.07, 6.45) is 0. The summed E-state index contributed by atoms with van der Waals surface area (Å²) in [6.45, 7) is 0. The highest BCUT2D eigenvalue weighted by molar-refractivity contribution is 6.14. The first-order valence-corrected chi connectivity index (χ1v) is 19.0. The molecule has 0 saturated heterocycles. The molecule has 4 heterocycles. The molecular formula is C51H30N4O2. The summed E-state index contributed by atoms with van der Waals surface area (Å²) in [5.41, 5.74) is 11.4. The van der Waals surface area contributed by atoms with Crippen LogP contribution in [0, 0.1) is 0 Å². The van der Waals surface area contributed by atoms with Gasteiger partial charge in [0.25, 0.3) is 0 Å². The third kappa shape index (κ3) is 4.94. The van der Waals surface area contributed by atoms with Gasteiger partial charge in [0.05, 0.1) is 16.7 Å². The fourth-order valence-corrected chi connectivity index (χ4v) is 8.41. The van der Waals surface area contributed by atoms with Crippen LogP contribution >= 0.6 is 0 Å². The van der Waals surface area contributed by atoms with Crippen LogP contribution in [0.1, 0.15) is 0 Å². The summed E-state index contributed by atoms with van der Waals surface area (Å²) in [5, 5.41) is 6.63. The van der Waals surface area contributed by atoms with Crippen molar-refractivity contribution in [2.45, 2.75) is 0 Å². The predicted octanol–water partition coefficient (Wildman–Crippen LogP) is 13.4. The minimum absolute atomic E-state index is 0.586. The lowest BCUT2D eigenvalue weighted by Crippen LogP contribution is -2.00. The quantitative estimate of drug-likeness (QED) is 0.176. The second-order valence-electron chi connectivity index (χ2n) is 14.4. The van der Waals surface area contributed by atoms with Crippen molar-refractivity contribution in [3.05, 3.63) is 182 Å². The van der Waals surface area contributed by atoms with Crippen LogP contribution in [0.25, 0.3) is 117 Å². The van der Waals surface area contributed by atoms with Crippen LogP contribution < -0.4 is 0 Å². The number of fused-ring (bicyclic) bond motifs is 9. The van der Waals surface area contributed by atoms with Gasteiger partial charge in [-0.05, 0) is 48.0 Å². The Morgan fingerprint density at radius 2 is 0.877 bits per heavy atom. The van der Waals surface area contributed by atoms with Gasteiger partial charge in [0.15, 0.2) is 23.1 Å². The average molecular weight is 731 g/mol. The van der Waals surface area contributed by atoms with Gasteiger partial charge in [-0.2, -0.15) is 0 Å². The molecule has 0 spiro atoms. The van der Waals surface area contributed by atoms with E-state index in [9.17, 15) is 0 Å². The Bertz CT molecular complexity index is 3410. The van der Waals surface area contributed by atoms with Crippen LogP contribution in [-0.4, -0.2) is 19.5 Å². The highest BCUT2D eigenvalue weighted by Gasteiger charge is 2.20. The molecule has 12 aromatic rings. The number of aromatic nitrogens is 4. The summed E-state index contributed by atoms with van der Waals surface area (Å²) >= 11 is 0. The fraction of sp³-hybridized carbons (Fsp3) is 0. The number of nitrogens with zero attached hydrogens (tertiary/aromatic N) is 4. The van der Waals surface area contributed by atoms with Crippen molar-refractivity contribution in [2.75, 3.05) is 0 Å². The lowest BCUT2D eigenvalue weighted by molar-refractivity contribution is 0.666. The zero-order chi connectivity index (χ0) is 37.5. The molecule has 8 aromatic carbocycles. The molecule has 6 heteroatoms. The molecule has 0 radical (unpaired) electrons. The van der Waals surface area contributed by atoms with E-state index in [1.165, 1.54) is 10.8 Å². The molecule has 0 unspecified atom stereocenters. The number of benzene rings is 8. The lowest BCUT2D eigenvalue weighted by atomic mass is 10.00. The van der Waals surface area contributed by atoms with Crippen molar-refractivity contribution in [3.63, 3.8) is 0 Å². The van der Waals surface area contributed by atoms with Gasteiger partial charge in [-0.1, -0.05) is 140 Å². The number of furan rings is 2. The second kappa shape index (κ2) is 12.3. The van der Waals surface area contributed by atoms with Gasteiger partial charge in [0, 0.05) is 54.6 Å². The minimum Gasteiger partial charge on any atom is -0.455 e. The Balaban J connectivity index is 0.989. The number of para-hydroxylation sites is 4. The van der Waals surface area contributed by atoms with E-state index < -0.39 is 0 Å². The van der Waals surface area contributed by atoms with Crippen LogP contribution in [-0.2, 0) is 0 Å². The van der Waals surface area contributed by atoms with Crippen molar-refractivity contribution >= 4 is 65.7 Å². The monoisotopic (exact) mass is 730 g/mol. The molecule has 0 aliphatic heterocycles. The molecule has 57 heavy (non-hydrogen) atoms. The van der Waals surface area contributed by atoms with E-state index in [0.29, 0.717) is 17.5 Å². The maximum atomic E-state index is 6.76. The van der Waals surface area contributed by atoms with Crippen molar-refractivity contribution in [3.8, 4) is 51.0 Å². The smallest absolute Gasteiger partial charge is 0.164 e. The zero-order valence-electron chi connectivity index (χ0n) is 30.4. The molecule has 0 aliphatic carbocycles. The molecule has 266 valence electrons. The van der Waals surface area contributed by atoms with E-state index in [2.05, 4.69) is 120 Å². The molecule has 0 saturated carbocycles. The van der Waals surface area contributed by atoms with E-state index in [-0.39, 0.29) is 0 Å². The maximum Gasteiger partial charge on any atom is 0.164 e. The van der Waals surface area contributed by atoms with Gasteiger partial charge in [-0.15, -0.1) is 0 Å². The Labute approximate surface area is 325 Å². The minimum atomic E-state index is 0.586. The Hall–Kier alpha value is -7.83. The molecule has 4 aromatic heterocycles. The van der Waals surface area contributed by atoms with Gasteiger partial charge in [-0.25, -0.2) is 15.0 Å². The first kappa shape index (κ1) is 31.5. The highest BCUT2D eigenvalue weighted by Crippen LogP contribution is 2.42. The van der Waals surface area contributed by atoms with Crippen LogP contribution in [0.4, 0.5) is 0 Å². The summed E-state index contributed by atoms with van der Waals surface area (Å²) in [6, 6.07) is 62.6. The third-order valence-corrected chi connectivity index (χ3v) is 11.1. The van der Waals surface area contributed by atoms with Crippen LogP contribution in [0.2, 0.25) is 0 Å². The molecule has 0 aliphatic rings. The topological polar surface area (TPSA) is 69.9 Å². The second-order valence-corrected chi connectivity index (χ2v) is 14.4. The van der Waals surface area contributed by atoms with Crippen molar-refractivity contribution < 1.29 is 8.83 Å². The third-order valence-electron chi connectivity index (χ3n) is 11.1. The van der Waals surface area contributed by atoms with Gasteiger partial charge in [-0.3, -0.25) is 0 Å². The van der Waals surface area contributed by atoms with Gasteiger partial charge in [0.2, 0.25) is 0 Å². The number of hydrogen-bond acceptors (Lipinski definition) is 5. The normalized spacial score (nSPS) is 11.9. The summed E-state index contributed by atoms with van der Waals surface area (Å²) < 4.78 is 15.8. The molecule has 12 rings (SSSR count). The van der Waals surface area contributed by atoms with E-state index in [4.69, 9.17) is 23.8 Å². The molecule has 0 bridgehead atoms. The SMILES string of the molecule is c1ccc(-c2nc(-c3ccccc3)nc(-c3ccc4c(c3)oc3c(-c5ccc6oc7c(-n8c9ccccc9c9ccccc98)cccc7c6c5)cccc34)n2)cc1. The Kier molecular flexibility index (Phi) is 6.83. The Morgan fingerprint density at radius 1 is 0.333 bits per heavy atom. The molecule has 6 nitrogen and oxygen atoms in total. The van der Waals surface area contributed by atoms with Crippen molar-refractivity contribution in [2.24, 2.45) is 0 Å². The molecule has 0 atom stereocenters. The molecule has 0 amide bonds. The standard InChI is InChI=1S/C51H30N4O2/c1-3-13-31(14-4-1)49-52-50(32-15-5-2-6-16-32)54-51(53-49)34-25-27-38-39-20-11-19-35(47(39)57-46(38)30-34)33-26-28-45-41(29-33)40-21-12-24-44(48(40)56-45)55-42-22-9-7-17-36(42)37-18-8-10-23-43(37)55/h1-30H. The largest absolute Gasteiger partial charge is 0.455 e. The number of rotatable bonds is 5. The molecule has 0 N–H and O–H groups in total. The van der Waals surface area contributed by atoms with Crippen LogP contribution in [0.3, 0.4) is 0 Å². The Morgan fingerprint density at radius 3 is 1.56 bits per heavy atom. The lowest BCUT2D eigenvalue weighted by Gasteiger charge is -2.08. The fourth-order valence-electron chi connectivity index (χ4n) is 8.41. The zero-order valence-corrected chi connectivity index (χ0v) is 30.4. The molecule has 0 fully saturated rings. The highest BCUT2D eigenvalue weighted by atomic mass is 16.3. The number of hydrogen-bond donors (Lipinski definition) is 0. The summed E-state index contributed by atoms with van der Waals surface area (Å²) in [5.74, 6) is 1.83. The van der Waals surface area contributed by atoms with Gasteiger partial charge >= 0.3 is 0 Å². The molecular weight excluding hydrogens is 701 g/mol. The predicted molar refractivity (Wildman–Crippen MR) is 230 cm³/mol. The van der Waals surface area contributed by atoms with E-state index in [0.717, 1.165) is 88.4 Å². The van der Waals surface area contributed by atoms with Crippen LogP contribution in [0.5, 0.6) is 0 Å². The van der Waals surface area contributed by atoms with Gasteiger partial charge < -0.3 is 13.4 Å². The average Bonchev–Trinajstić information content (AvgIpc) is 3.96. The van der Waals surface area contributed by atoms with Crippen molar-refractivity contribution in [1.29, 1.82) is 0 Å². The summed E-state index contributed by atoms with van der Waals surface area (Å²) in [7, 11) is 0. The first-order valence-electron chi connectivity index (χ1n) is 19.0. The van der Waals surface area contributed by atoms with Crippen molar-refractivity contribution in [1.82, 2.24) is 19.5 Å².